The SMILES string of the molecule is CCOC(=O)C1=C(COc2ccc3ccc(=O)oc3c2)NC(=O)N[C@H]1c1ccc(C)o1. The molecule has 0 bridgehead atoms. The smallest absolute Gasteiger partial charge is 0.338 e. The van der Waals surface area contributed by atoms with E-state index in [1.165, 1.54) is 6.07 Å². The summed E-state index contributed by atoms with van der Waals surface area (Å²) in [5.41, 5.74) is 0.320. The highest BCUT2D eigenvalue weighted by Crippen LogP contribution is 2.29. The van der Waals surface area contributed by atoms with Crippen LogP contribution >= 0.6 is 0 Å². The molecular formula is C22H20N2O7. The molecule has 0 spiro atoms. The molecule has 3 aromatic rings. The molecule has 1 aliphatic heterocycles. The third-order valence-electron chi connectivity index (χ3n) is 4.67. The van der Waals surface area contributed by atoms with E-state index in [9.17, 15) is 14.4 Å². The van der Waals surface area contributed by atoms with Gasteiger partial charge in [0.2, 0.25) is 0 Å². The molecule has 9 heteroatoms. The van der Waals surface area contributed by atoms with E-state index in [1.807, 2.05) is 0 Å². The van der Waals surface area contributed by atoms with Gasteiger partial charge in [-0.1, -0.05) is 0 Å². The van der Waals surface area contributed by atoms with Crippen LogP contribution in [0.4, 0.5) is 4.79 Å². The number of furan rings is 1. The second-order valence-electron chi connectivity index (χ2n) is 6.84. The minimum atomic E-state index is -0.824. The Hall–Kier alpha value is -4.01. The zero-order chi connectivity index (χ0) is 22.0. The first-order valence-electron chi connectivity index (χ1n) is 9.65. The molecule has 0 aliphatic carbocycles. The largest absolute Gasteiger partial charge is 0.487 e. The van der Waals surface area contributed by atoms with Crippen LogP contribution in [0.1, 0.15) is 24.5 Å². The summed E-state index contributed by atoms with van der Waals surface area (Å²) >= 11 is 0. The molecule has 2 amide bonds. The lowest BCUT2D eigenvalue weighted by atomic mass is 10.0. The van der Waals surface area contributed by atoms with Gasteiger partial charge in [0.05, 0.1) is 17.9 Å². The van der Waals surface area contributed by atoms with E-state index in [0.717, 1.165) is 5.39 Å². The first kappa shape index (κ1) is 20.3. The second-order valence-corrected chi connectivity index (χ2v) is 6.84. The van der Waals surface area contributed by atoms with Gasteiger partial charge in [0.1, 0.15) is 35.5 Å². The first-order valence-corrected chi connectivity index (χ1v) is 9.65. The van der Waals surface area contributed by atoms with Crippen molar-refractivity contribution in [1.82, 2.24) is 10.6 Å². The number of rotatable bonds is 6. The number of benzene rings is 1. The van der Waals surface area contributed by atoms with Gasteiger partial charge < -0.3 is 28.9 Å². The van der Waals surface area contributed by atoms with E-state index in [0.29, 0.717) is 22.9 Å². The number of hydrogen-bond donors (Lipinski definition) is 2. The normalized spacial score (nSPS) is 16.1. The molecule has 2 aromatic heterocycles. The number of nitrogens with one attached hydrogen (secondary N) is 2. The van der Waals surface area contributed by atoms with Gasteiger partial charge in [0.25, 0.3) is 0 Å². The number of urea groups is 1. The number of aryl methyl sites for hydroxylation is 1. The number of hydrogen-bond acceptors (Lipinski definition) is 7. The maximum atomic E-state index is 12.7. The molecule has 1 aromatic carbocycles. The number of esters is 1. The maximum absolute atomic E-state index is 12.7. The molecule has 9 nitrogen and oxygen atoms in total. The molecule has 0 fully saturated rings. The third-order valence-corrected chi connectivity index (χ3v) is 4.67. The highest BCUT2D eigenvalue weighted by molar-refractivity contribution is 5.95. The summed E-state index contributed by atoms with van der Waals surface area (Å²) < 4.78 is 21.8. The van der Waals surface area contributed by atoms with Crippen molar-refractivity contribution in [2.45, 2.75) is 19.9 Å². The lowest BCUT2D eigenvalue weighted by molar-refractivity contribution is -0.139. The van der Waals surface area contributed by atoms with E-state index in [2.05, 4.69) is 10.6 Å². The Bertz CT molecular complexity index is 1240. The van der Waals surface area contributed by atoms with Gasteiger partial charge in [-0.3, -0.25) is 0 Å². The van der Waals surface area contributed by atoms with Crippen LogP contribution < -0.4 is 21.0 Å². The van der Waals surface area contributed by atoms with E-state index < -0.39 is 23.7 Å². The van der Waals surface area contributed by atoms with Gasteiger partial charge >= 0.3 is 17.6 Å². The fourth-order valence-corrected chi connectivity index (χ4v) is 3.29. The average Bonchev–Trinajstić information content (AvgIpc) is 3.17. The van der Waals surface area contributed by atoms with E-state index in [4.69, 9.17) is 18.3 Å². The van der Waals surface area contributed by atoms with Crippen LogP contribution in [0.3, 0.4) is 0 Å². The van der Waals surface area contributed by atoms with Gasteiger partial charge in [-0.15, -0.1) is 0 Å². The Kier molecular flexibility index (Phi) is 5.48. The van der Waals surface area contributed by atoms with Crippen LogP contribution in [0, 0.1) is 6.92 Å². The van der Waals surface area contributed by atoms with Crippen LogP contribution in [0.2, 0.25) is 0 Å². The molecule has 2 N–H and O–H groups in total. The van der Waals surface area contributed by atoms with Crippen molar-refractivity contribution in [3.8, 4) is 5.75 Å². The Morgan fingerprint density at radius 3 is 2.65 bits per heavy atom. The topological polar surface area (TPSA) is 120 Å². The second kappa shape index (κ2) is 8.39. The number of amides is 2. The molecule has 160 valence electrons. The zero-order valence-corrected chi connectivity index (χ0v) is 16.9. The predicted octanol–water partition coefficient (Wildman–Crippen LogP) is 2.94. The lowest BCUT2D eigenvalue weighted by Gasteiger charge is -2.27. The van der Waals surface area contributed by atoms with Crippen LogP contribution in [-0.4, -0.2) is 25.2 Å². The highest BCUT2D eigenvalue weighted by atomic mass is 16.5. The van der Waals surface area contributed by atoms with Crippen molar-refractivity contribution in [1.29, 1.82) is 0 Å². The van der Waals surface area contributed by atoms with Crippen LogP contribution in [0.5, 0.6) is 5.75 Å². The minimum Gasteiger partial charge on any atom is -0.487 e. The molecule has 3 heterocycles. The summed E-state index contributed by atoms with van der Waals surface area (Å²) in [5, 5.41) is 6.04. The summed E-state index contributed by atoms with van der Waals surface area (Å²) in [4.78, 5) is 36.4. The monoisotopic (exact) mass is 424 g/mol. The fraction of sp³-hybridized carbons (Fsp3) is 0.227. The molecule has 0 saturated heterocycles. The lowest BCUT2D eigenvalue weighted by Crippen LogP contribution is -2.47. The van der Waals surface area contributed by atoms with E-state index >= 15 is 0 Å². The van der Waals surface area contributed by atoms with Crippen LogP contribution in [0.25, 0.3) is 11.0 Å². The van der Waals surface area contributed by atoms with Crippen molar-refractivity contribution in [2.24, 2.45) is 0 Å². The molecule has 1 atom stereocenters. The van der Waals surface area contributed by atoms with E-state index in [1.54, 1.807) is 50.2 Å². The molecule has 0 saturated carbocycles. The van der Waals surface area contributed by atoms with Crippen LogP contribution in [0.15, 0.2) is 67.4 Å². The Morgan fingerprint density at radius 2 is 1.90 bits per heavy atom. The number of fused-ring (bicyclic) bond motifs is 1. The summed E-state index contributed by atoms with van der Waals surface area (Å²) in [7, 11) is 0. The quantitative estimate of drug-likeness (QED) is 0.461. The number of ether oxygens (including phenoxy) is 2. The van der Waals surface area contributed by atoms with Crippen molar-refractivity contribution >= 4 is 23.0 Å². The van der Waals surface area contributed by atoms with Crippen molar-refractivity contribution < 1.29 is 27.9 Å². The van der Waals surface area contributed by atoms with Gasteiger partial charge in [-0.25, -0.2) is 14.4 Å². The molecule has 4 rings (SSSR count). The summed E-state index contributed by atoms with van der Waals surface area (Å²) in [6.45, 7) is 3.50. The molecule has 0 radical (unpaired) electrons. The van der Waals surface area contributed by atoms with Crippen molar-refractivity contribution in [3.05, 3.63) is 75.7 Å². The highest BCUT2D eigenvalue weighted by Gasteiger charge is 2.35. The molecule has 0 unspecified atom stereocenters. The maximum Gasteiger partial charge on any atom is 0.338 e. The van der Waals surface area contributed by atoms with Gasteiger partial charge in [-0.2, -0.15) is 0 Å². The molecule has 31 heavy (non-hydrogen) atoms. The van der Waals surface area contributed by atoms with Crippen molar-refractivity contribution in [3.63, 3.8) is 0 Å². The fourth-order valence-electron chi connectivity index (χ4n) is 3.29. The van der Waals surface area contributed by atoms with Crippen LogP contribution in [-0.2, 0) is 9.53 Å². The van der Waals surface area contributed by atoms with E-state index in [-0.39, 0.29) is 24.5 Å². The minimum absolute atomic E-state index is 0.125. The zero-order valence-electron chi connectivity index (χ0n) is 16.9. The Morgan fingerprint density at radius 1 is 1.10 bits per heavy atom. The average molecular weight is 424 g/mol. The molecular weight excluding hydrogens is 404 g/mol. The number of carbonyl (C=O) groups excluding carboxylic acids is 2. The van der Waals surface area contributed by atoms with Gasteiger partial charge in [0.15, 0.2) is 0 Å². The summed E-state index contributed by atoms with van der Waals surface area (Å²) in [6.07, 6.45) is 0. The summed E-state index contributed by atoms with van der Waals surface area (Å²) in [5.74, 6) is 0.842. The first-order chi connectivity index (χ1) is 14.9. The van der Waals surface area contributed by atoms with Gasteiger partial charge in [-0.05, 0) is 44.2 Å². The summed E-state index contributed by atoms with van der Waals surface area (Å²) in [6, 6.07) is 10.1. The third kappa shape index (κ3) is 4.30. The predicted molar refractivity (Wildman–Crippen MR) is 109 cm³/mol. The Balaban J connectivity index is 1.67. The van der Waals surface area contributed by atoms with Gasteiger partial charge in [0, 0.05) is 17.5 Å². The number of carbonyl (C=O) groups is 2. The molecule has 1 aliphatic rings. The Labute approximate surface area is 176 Å². The van der Waals surface area contributed by atoms with Crippen molar-refractivity contribution in [2.75, 3.05) is 13.2 Å². The standard InChI is InChI=1S/C22H20N2O7/c1-3-28-21(26)19-15(23-22(27)24-20(19)16-8-4-12(2)30-16)11-29-14-7-5-13-6-9-18(25)31-17(13)10-14/h4-10,20H,3,11H2,1-2H3,(H2,23,24,27)/t20-/m0/s1.